The van der Waals surface area contributed by atoms with Gasteiger partial charge in [0.25, 0.3) is 11.7 Å². The highest BCUT2D eigenvalue weighted by Gasteiger charge is 2.30. The van der Waals surface area contributed by atoms with Crippen LogP contribution in [-0.4, -0.2) is 80.2 Å². The lowest BCUT2D eigenvalue weighted by Gasteiger charge is -2.23. The molecule has 1 amide bonds. The summed E-state index contributed by atoms with van der Waals surface area (Å²) in [6.45, 7) is 9.22. The summed E-state index contributed by atoms with van der Waals surface area (Å²) in [5.74, 6) is 1.52. The van der Waals surface area contributed by atoms with E-state index in [1.165, 1.54) is 0 Å². The van der Waals surface area contributed by atoms with Crippen LogP contribution in [0.5, 0.6) is 5.88 Å². The number of nitrogens with zero attached hydrogens (tertiary/aromatic N) is 4. The van der Waals surface area contributed by atoms with E-state index in [2.05, 4.69) is 34.0 Å². The lowest BCUT2D eigenvalue weighted by atomic mass is 10.0. The Hall–Kier alpha value is -3.05. The van der Waals surface area contributed by atoms with Gasteiger partial charge in [0.1, 0.15) is 6.10 Å². The Labute approximate surface area is 230 Å². The molecular weight excluding hydrogens is 498 g/mol. The van der Waals surface area contributed by atoms with Gasteiger partial charge in [0.05, 0.1) is 51.6 Å². The van der Waals surface area contributed by atoms with Crippen molar-refractivity contribution in [2.45, 2.75) is 52.4 Å². The van der Waals surface area contributed by atoms with Gasteiger partial charge in [0.2, 0.25) is 5.88 Å². The van der Waals surface area contributed by atoms with Gasteiger partial charge in [-0.25, -0.2) is 14.1 Å². The Balaban J connectivity index is 1.80. The van der Waals surface area contributed by atoms with E-state index in [-0.39, 0.29) is 12.0 Å². The van der Waals surface area contributed by atoms with Gasteiger partial charge < -0.3 is 29.6 Å². The van der Waals surface area contributed by atoms with Crippen LogP contribution in [0.2, 0.25) is 0 Å². The molecule has 10 heteroatoms. The number of aryl methyl sites for hydroxylation is 2. The van der Waals surface area contributed by atoms with Crippen LogP contribution in [0, 0.1) is 0 Å². The summed E-state index contributed by atoms with van der Waals surface area (Å²) in [5.41, 5.74) is 10.5. The molecule has 0 spiro atoms. The quantitative estimate of drug-likeness (QED) is 0.333. The van der Waals surface area contributed by atoms with Crippen LogP contribution >= 0.6 is 0 Å². The van der Waals surface area contributed by atoms with E-state index in [1.807, 2.05) is 24.4 Å². The molecule has 0 atom stereocenters. The predicted molar refractivity (Wildman–Crippen MR) is 149 cm³/mol. The molecule has 0 unspecified atom stereocenters. The fourth-order valence-corrected chi connectivity index (χ4v) is 5.24. The lowest BCUT2D eigenvalue weighted by Crippen LogP contribution is -2.38. The second kappa shape index (κ2) is 13.8. The monoisotopic (exact) mass is 540 g/mol. The van der Waals surface area contributed by atoms with Crippen LogP contribution in [0.15, 0.2) is 30.5 Å². The van der Waals surface area contributed by atoms with Crippen molar-refractivity contribution in [1.29, 1.82) is 0 Å². The smallest absolute Gasteiger partial charge is 0.271 e. The molecule has 1 saturated heterocycles. The normalized spacial score (nSPS) is 14.2. The SMILES string of the molecule is CCn1c(CN)[n+](CC)c2cc(-c3ccc(OC4CCOCC4)nc3)cc(C(=O)N(CCOC)CCOC)c21. The first kappa shape index (κ1) is 28.9. The van der Waals surface area contributed by atoms with Gasteiger partial charge >= 0.3 is 0 Å². The zero-order chi connectivity index (χ0) is 27.8. The Kier molecular flexibility index (Phi) is 10.3. The molecule has 10 nitrogen and oxygen atoms in total. The van der Waals surface area contributed by atoms with Gasteiger partial charge in [-0.2, -0.15) is 0 Å². The van der Waals surface area contributed by atoms with E-state index < -0.39 is 0 Å². The number of nitrogens with two attached hydrogens (primary N) is 1. The number of carbonyl (C=O) groups is 1. The van der Waals surface area contributed by atoms with Crippen molar-refractivity contribution in [2.75, 3.05) is 53.7 Å². The molecule has 39 heavy (non-hydrogen) atoms. The molecule has 2 aromatic heterocycles. The number of hydrogen-bond acceptors (Lipinski definition) is 7. The maximum absolute atomic E-state index is 14.1. The van der Waals surface area contributed by atoms with Crippen LogP contribution in [0.3, 0.4) is 0 Å². The zero-order valence-corrected chi connectivity index (χ0v) is 23.6. The van der Waals surface area contributed by atoms with E-state index in [0.29, 0.717) is 64.0 Å². The molecule has 1 aliphatic heterocycles. The third kappa shape index (κ3) is 6.41. The highest BCUT2D eigenvalue weighted by Crippen LogP contribution is 2.30. The Bertz CT molecular complexity index is 1230. The molecule has 0 bridgehead atoms. The van der Waals surface area contributed by atoms with E-state index in [9.17, 15) is 4.79 Å². The topological polar surface area (TPSA) is 105 Å². The van der Waals surface area contributed by atoms with Crippen molar-refractivity contribution in [3.8, 4) is 17.0 Å². The third-order valence-electron chi connectivity index (χ3n) is 7.26. The van der Waals surface area contributed by atoms with Crippen LogP contribution in [0.25, 0.3) is 22.2 Å². The number of aromatic nitrogens is 3. The number of fused-ring (bicyclic) bond motifs is 1. The minimum atomic E-state index is -0.0672. The van der Waals surface area contributed by atoms with E-state index in [0.717, 1.165) is 47.4 Å². The highest BCUT2D eigenvalue weighted by atomic mass is 16.5. The van der Waals surface area contributed by atoms with Crippen LogP contribution in [0.1, 0.15) is 42.9 Å². The van der Waals surface area contributed by atoms with Crippen LogP contribution in [-0.2, 0) is 33.8 Å². The van der Waals surface area contributed by atoms with Crippen LogP contribution < -0.4 is 15.0 Å². The summed E-state index contributed by atoms with van der Waals surface area (Å²) >= 11 is 0. The first-order chi connectivity index (χ1) is 19.1. The van der Waals surface area contributed by atoms with E-state index >= 15 is 0 Å². The fraction of sp³-hybridized carbons (Fsp3) is 0.552. The number of pyridine rings is 1. The van der Waals surface area contributed by atoms with Crippen molar-refractivity contribution in [2.24, 2.45) is 5.73 Å². The van der Waals surface area contributed by atoms with Crippen molar-refractivity contribution in [1.82, 2.24) is 14.5 Å². The van der Waals surface area contributed by atoms with Crippen molar-refractivity contribution >= 4 is 16.9 Å². The molecule has 0 aliphatic carbocycles. The van der Waals surface area contributed by atoms with Gasteiger partial charge in [-0.15, -0.1) is 0 Å². The average molecular weight is 541 g/mol. The molecule has 1 aliphatic rings. The van der Waals surface area contributed by atoms with Crippen molar-refractivity contribution in [3.05, 3.63) is 41.9 Å². The Morgan fingerprint density at radius 1 is 1.13 bits per heavy atom. The standard InChI is InChI=1S/C29H42N5O5/c1-5-33-25-18-22(21-7-8-26(31-20-21)39-23-9-13-38-14-10-23)17-24(28(25)34(6-2)27(33)19-30)29(35)32(11-15-36-3)12-16-37-4/h7-8,17-18,20,23H,5-6,9-16,19,30H2,1-4H3/q+1. The van der Waals surface area contributed by atoms with Crippen molar-refractivity contribution < 1.29 is 28.3 Å². The average Bonchev–Trinajstić information content (AvgIpc) is 3.30. The summed E-state index contributed by atoms with van der Waals surface area (Å²) in [4.78, 5) is 20.5. The summed E-state index contributed by atoms with van der Waals surface area (Å²) in [7, 11) is 3.28. The van der Waals surface area contributed by atoms with Gasteiger partial charge in [-0.3, -0.25) is 4.79 Å². The van der Waals surface area contributed by atoms with E-state index in [4.69, 9.17) is 24.7 Å². The number of benzene rings is 1. The second-order valence-electron chi connectivity index (χ2n) is 9.59. The van der Waals surface area contributed by atoms with Crippen molar-refractivity contribution in [3.63, 3.8) is 0 Å². The minimum absolute atomic E-state index is 0.0672. The largest absolute Gasteiger partial charge is 0.474 e. The van der Waals surface area contributed by atoms with Crippen LogP contribution in [0.4, 0.5) is 0 Å². The molecule has 1 fully saturated rings. The third-order valence-corrected chi connectivity index (χ3v) is 7.26. The van der Waals surface area contributed by atoms with Gasteiger partial charge in [0.15, 0.2) is 11.0 Å². The number of ether oxygens (including phenoxy) is 4. The molecule has 1 aromatic carbocycles. The van der Waals surface area contributed by atoms with Gasteiger partial charge in [0, 0.05) is 58.0 Å². The van der Waals surface area contributed by atoms with E-state index in [1.54, 1.807) is 19.1 Å². The summed E-state index contributed by atoms with van der Waals surface area (Å²) in [6.07, 6.45) is 3.66. The molecule has 0 saturated carbocycles. The number of carbonyl (C=O) groups excluding carboxylic acids is 1. The second-order valence-corrected chi connectivity index (χ2v) is 9.59. The molecule has 3 aromatic rings. The number of rotatable bonds is 13. The number of imidazole rings is 1. The molecule has 3 heterocycles. The minimum Gasteiger partial charge on any atom is -0.474 e. The predicted octanol–water partition coefficient (Wildman–Crippen LogP) is 2.78. The number of methoxy groups -OCH3 is 2. The molecule has 2 N–H and O–H groups in total. The summed E-state index contributed by atoms with van der Waals surface area (Å²) in [5, 5.41) is 0. The zero-order valence-electron chi connectivity index (χ0n) is 23.6. The highest BCUT2D eigenvalue weighted by molar-refractivity contribution is 6.06. The Morgan fingerprint density at radius 3 is 2.41 bits per heavy atom. The van der Waals surface area contributed by atoms with Gasteiger partial charge in [-0.1, -0.05) is 0 Å². The molecule has 212 valence electrons. The first-order valence-corrected chi connectivity index (χ1v) is 13.8. The summed E-state index contributed by atoms with van der Waals surface area (Å²) < 4.78 is 26.5. The number of amides is 1. The fourth-order valence-electron chi connectivity index (χ4n) is 5.24. The first-order valence-electron chi connectivity index (χ1n) is 13.8. The molecule has 0 radical (unpaired) electrons. The summed E-state index contributed by atoms with van der Waals surface area (Å²) in [6, 6.07) is 8.00. The maximum atomic E-state index is 14.1. The maximum Gasteiger partial charge on any atom is 0.271 e. The lowest BCUT2D eigenvalue weighted by molar-refractivity contribution is -0.676. The number of hydrogen-bond donors (Lipinski definition) is 1. The van der Waals surface area contributed by atoms with Gasteiger partial charge in [-0.05, 0) is 37.6 Å². The Morgan fingerprint density at radius 2 is 1.85 bits per heavy atom. The molecular formula is C29H42N5O5+. The molecule has 4 rings (SSSR count).